The summed E-state index contributed by atoms with van der Waals surface area (Å²) in [5, 5.41) is 18.1. The predicted molar refractivity (Wildman–Crippen MR) is 126 cm³/mol. The Balaban J connectivity index is 1.54. The van der Waals surface area contributed by atoms with E-state index >= 15 is 0 Å². The molecule has 2 aromatic carbocycles. The van der Waals surface area contributed by atoms with E-state index < -0.39 is 10.8 Å². The molecule has 1 amide bonds. The largest absolute Gasteiger partial charge is 0.321 e. The van der Waals surface area contributed by atoms with Crippen molar-refractivity contribution in [2.75, 3.05) is 5.32 Å². The third kappa shape index (κ3) is 4.06. The highest BCUT2D eigenvalue weighted by atomic mass is 32.1. The molecule has 9 nitrogen and oxygen atoms in total. The smallest absolute Gasteiger partial charge is 0.276 e. The van der Waals surface area contributed by atoms with Crippen LogP contribution in [0.1, 0.15) is 16.2 Å². The van der Waals surface area contributed by atoms with E-state index in [1.165, 1.54) is 35.6 Å². The second kappa shape index (κ2) is 8.24. The Kier molecular flexibility index (Phi) is 5.11. The monoisotopic (exact) mass is 456 g/mol. The Morgan fingerprint density at radius 2 is 1.91 bits per heavy atom. The van der Waals surface area contributed by atoms with Gasteiger partial charge in [0.25, 0.3) is 11.6 Å². The molecule has 5 rings (SSSR count). The Hall–Kier alpha value is -4.44. The molecule has 0 fully saturated rings. The summed E-state index contributed by atoms with van der Waals surface area (Å²) < 4.78 is 2.66. The van der Waals surface area contributed by atoms with Gasteiger partial charge in [0.2, 0.25) is 0 Å². The SMILES string of the molecule is Cc1cccc(-n2nc(C(=O)Nc3ccc([N+](=O)[O-])cc3)cc2-c2ccc3ncsc3c2)n1. The number of aromatic nitrogens is 4. The van der Waals surface area contributed by atoms with Crippen molar-refractivity contribution in [3.63, 3.8) is 0 Å². The fourth-order valence-corrected chi connectivity index (χ4v) is 4.11. The summed E-state index contributed by atoms with van der Waals surface area (Å²) in [7, 11) is 0. The van der Waals surface area contributed by atoms with Crippen LogP contribution in [0.15, 0.2) is 72.2 Å². The first-order chi connectivity index (χ1) is 16.0. The van der Waals surface area contributed by atoms with Crippen molar-refractivity contribution in [3.05, 3.63) is 93.7 Å². The van der Waals surface area contributed by atoms with Crippen LogP contribution >= 0.6 is 11.3 Å². The molecule has 5 aromatic rings. The van der Waals surface area contributed by atoms with E-state index in [9.17, 15) is 14.9 Å². The average Bonchev–Trinajstić information content (AvgIpc) is 3.46. The third-order valence-electron chi connectivity index (χ3n) is 5.00. The van der Waals surface area contributed by atoms with Crippen molar-refractivity contribution < 1.29 is 9.72 Å². The molecule has 0 bridgehead atoms. The number of benzene rings is 2. The van der Waals surface area contributed by atoms with E-state index in [2.05, 4.69) is 20.4 Å². The molecule has 0 saturated carbocycles. The maximum absolute atomic E-state index is 12.9. The minimum atomic E-state index is -0.492. The van der Waals surface area contributed by atoms with E-state index in [4.69, 9.17) is 0 Å². The molecule has 0 atom stereocenters. The maximum atomic E-state index is 12.9. The fourth-order valence-electron chi connectivity index (χ4n) is 3.39. The molecule has 0 aliphatic rings. The van der Waals surface area contributed by atoms with Crippen LogP contribution in [0, 0.1) is 17.0 Å². The number of nitro benzene ring substituents is 1. The summed E-state index contributed by atoms with van der Waals surface area (Å²) in [5.41, 5.74) is 5.66. The molecule has 1 N–H and O–H groups in total. The first kappa shape index (κ1) is 20.5. The normalized spacial score (nSPS) is 10.9. The summed E-state index contributed by atoms with van der Waals surface area (Å²) >= 11 is 1.53. The molecule has 162 valence electrons. The number of carbonyl (C=O) groups excluding carboxylic acids is 1. The van der Waals surface area contributed by atoms with Gasteiger partial charge in [-0.25, -0.2) is 14.6 Å². The molecular weight excluding hydrogens is 440 g/mol. The molecular formula is C23H16N6O3S. The molecule has 3 heterocycles. The first-order valence-corrected chi connectivity index (χ1v) is 10.8. The summed E-state index contributed by atoms with van der Waals surface area (Å²) in [6.07, 6.45) is 0. The highest BCUT2D eigenvalue weighted by Crippen LogP contribution is 2.29. The van der Waals surface area contributed by atoms with Gasteiger partial charge in [0.05, 0.1) is 26.3 Å². The Morgan fingerprint density at radius 3 is 2.67 bits per heavy atom. The van der Waals surface area contributed by atoms with Crippen LogP contribution in [0.5, 0.6) is 0 Å². The highest BCUT2D eigenvalue weighted by molar-refractivity contribution is 7.16. The van der Waals surface area contributed by atoms with E-state index in [0.717, 1.165) is 21.5 Å². The van der Waals surface area contributed by atoms with Gasteiger partial charge >= 0.3 is 0 Å². The topological polar surface area (TPSA) is 116 Å². The lowest BCUT2D eigenvalue weighted by Crippen LogP contribution is -2.13. The highest BCUT2D eigenvalue weighted by Gasteiger charge is 2.19. The summed E-state index contributed by atoms with van der Waals surface area (Å²) in [6, 6.07) is 18.8. The van der Waals surface area contributed by atoms with Crippen LogP contribution in [0.3, 0.4) is 0 Å². The number of anilines is 1. The van der Waals surface area contributed by atoms with Crippen LogP contribution in [-0.4, -0.2) is 30.6 Å². The number of aryl methyl sites for hydroxylation is 1. The van der Waals surface area contributed by atoms with Gasteiger partial charge in [-0.1, -0.05) is 12.1 Å². The lowest BCUT2D eigenvalue weighted by molar-refractivity contribution is -0.384. The number of fused-ring (bicyclic) bond motifs is 1. The summed E-state index contributed by atoms with van der Waals surface area (Å²) in [5.74, 6) is 0.152. The number of non-ortho nitro benzene ring substituents is 1. The van der Waals surface area contributed by atoms with Gasteiger partial charge in [0.1, 0.15) is 0 Å². The summed E-state index contributed by atoms with van der Waals surface area (Å²) in [4.78, 5) is 32.2. The second-order valence-corrected chi connectivity index (χ2v) is 8.14. The molecule has 0 aliphatic carbocycles. The van der Waals surface area contributed by atoms with Crippen LogP contribution in [0.25, 0.3) is 27.3 Å². The Bertz CT molecular complexity index is 1510. The Morgan fingerprint density at radius 1 is 1.09 bits per heavy atom. The standard InChI is InChI=1S/C23H16N6O3S/c1-14-3-2-4-22(25-14)28-20(15-5-10-18-21(11-15)33-13-24-18)12-19(27-28)23(30)26-16-6-8-17(9-7-16)29(31)32/h2-13H,1H3,(H,26,30). The van der Waals surface area contributed by atoms with Gasteiger partial charge in [0.15, 0.2) is 11.5 Å². The maximum Gasteiger partial charge on any atom is 0.276 e. The van der Waals surface area contributed by atoms with E-state index in [1.54, 1.807) is 16.3 Å². The summed E-state index contributed by atoms with van der Waals surface area (Å²) in [6.45, 7) is 1.89. The number of carbonyl (C=O) groups is 1. The third-order valence-corrected chi connectivity index (χ3v) is 5.79. The number of hydrogen-bond donors (Lipinski definition) is 1. The zero-order valence-corrected chi connectivity index (χ0v) is 18.1. The van der Waals surface area contributed by atoms with Crippen LogP contribution in [0.4, 0.5) is 11.4 Å². The van der Waals surface area contributed by atoms with Crippen molar-refractivity contribution in [3.8, 4) is 17.1 Å². The zero-order valence-electron chi connectivity index (χ0n) is 17.3. The number of hydrogen-bond acceptors (Lipinski definition) is 7. The average molecular weight is 456 g/mol. The molecule has 0 spiro atoms. The number of pyridine rings is 1. The molecule has 0 aliphatic heterocycles. The minimum Gasteiger partial charge on any atom is -0.321 e. The van der Waals surface area contributed by atoms with E-state index in [0.29, 0.717) is 17.2 Å². The number of thiazole rings is 1. The number of nitro groups is 1. The molecule has 3 aromatic heterocycles. The van der Waals surface area contributed by atoms with Gasteiger partial charge < -0.3 is 5.32 Å². The molecule has 0 saturated heterocycles. The van der Waals surface area contributed by atoms with Gasteiger partial charge in [-0.3, -0.25) is 14.9 Å². The van der Waals surface area contributed by atoms with Gasteiger partial charge in [-0.05, 0) is 49.4 Å². The number of rotatable bonds is 5. The molecule has 10 heteroatoms. The van der Waals surface area contributed by atoms with Gasteiger partial charge in [-0.15, -0.1) is 11.3 Å². The van der Waals surface area contributed by atoms with E-state index in [1.807, 2.05) is 43.3 Å². The van der Waals surface area contributed by atoms with Crippen LogP contribution in [-0.2, 0) is 0 Å². The zero-order chi connectivity index (χ0) is 22.9. The van der Waals surface area contributed by atoms with Crippen molar-refractivity contribution in [1.29, 1.82) is 0 Å². The molecule has 0 unspecified atom stereocenters. The predicted octanol–water partition coefficient (Wildman–Crippen LogP) is 5.01. The van der Waals surface area contributed by atoms with Crippen LogP contribution < -0.4 is 5.32 Å². The van der Waals surface area contributed by atoms with Gasteiger partial charge in [-0.2, -0.15) is 5.10 Å². The Labute approximate surface area is 191 Å². The lowest BCUT2D eigenvalue weighted by atomic mass is 10.1. The van der Waals surface area contributed by atoms with Gasteiger partial charge in [0, 0.05) is 29.1 Å². The number of amides is 1. The minimum absolute atomic E-state index is 0.0523. The second-order valence-electron chi connectivity index (χ2n) is 7.26. The van der Waals surface area contributed by atoms with Crippen molar-refractivity contribution >= 4 is 38.8 Å². The van der Waals surface area contributed by atoms with Crippen molar-refractivity contribution in [1.82, 2.24) is 19.7 Å². The van der Waals surface area contributed by atoms with Crippen LogP contribution in [0.2, 0.25) is 0 Å². The molecule has 33 heavy (non-hydrogen) atoms. The first-order valence-electron chi connectivity index (χ1n) is 9.91. The molecule has 0 radical (unpaired) electrons. The quantitative estimate of drug-likeness (QED) is 0.293. The number of nitrogens with one attached hydrogen (secondary N) is 1. The van der Waals surface area contributed by atoms with Crippen molar-refractivity contribution in [2.45, 2.75) is 6.92 Å². The lowest BCUT2D eigenvalue weighted by Gasteiger charge is -2.07. The van der Waals surface area contributed by atoms with Crippen molar-refractivity contribution in [2.24, 2.45) is 0 Å². The van der Waals surface area contributed by atoms with E-state index in [-0.39, 0.29) is 11.4 Å². The number of nitrogens with zero attached hydrogens (tertiary/aromatic N) is 5. The fraction of sp³-hybridized carbons (Fsp3) is 0.0435.